The molecule has 0 radical (unpaired) electrons. The summed E-state index contributed by atoms with van der Waals surface area (Å²) in [4.78, 5) is 12.9. The molecule has 0 spiro atoms. The van der Waals surface area contributed by atoms with E-state index in [2.05, 4.69) is 30.9 Å². The van der Waals surface area contributed by atoms with Crippen molar-refractivity contribution in [1.82, 2.24) is 15.0 Å². The molecule has 5 nitrogen and oxygen atoms in total. The summed E-state index contributed by atoms with van der Waals surface area (Å²) in [6, 6.07) is 1.82. The average Bonchev–Trinajstić information content (AvgIpc) is 2.33. The zero-order valence-electron chi connectivity index (χ0n) is 11.9. The third-order valence-electron chi connectivity index (χ3n) is 2.70. The fraction of sp³-hybridized carbons (Fsp3) is 0.357. The van der Waals surface area contributed by atoms with Gasteiger partial charge in [0.05, 0.1) is 11.8 Å². The number of anilines is 1. The Morgan fingerprint density at radius 1 is 1.20 bits per heavy atom. The number of hydrogen-bond donors (Lipinski definition) is 1. The molecule has 0 unspecified atom stereocenters. The van der Waals surface area contributed by atoms with Gasteiger partial charge in [-0.1, -0.05) is 20.8 Å². The predicted octanol–water partition coefficient (Wildman–Crippen LogP) is 3.61. The van der Waals surface area contributed by atoms with Crippen LogP contribution in [0.5, 0.6) is 11.6 Å². The summed E-state index contributed by atoms with van der Waals surface area (Å²) >= 11 is 3.35. The largest absolute Gasteiger partial charge is 0.437 e. The maximum atomic E-state index is 5.95. The number of aromatic nitrogens is 3. The van der Waals surface area contributed by atoms with Crippen LogP contribution in [0.4, 0.5) is 5.82 Å². The fourth-order valence-electron chi connectivity index (χ4n) is 1.51. The lowest BCUT2D eigenvalue weighted by molar-refractivity contribution is 0.441. The van der Waals surface area contributed by atoms with Gasteiger partial charge in [0.1, 0.15) is 17.4 Å². The molecule has 0 bridgehead atoms. The van der Waals surface area contributed by atoms with Gasteiger partial charge in [-0.25, -0.2) is 4.98 Å². The molecule has 0 atom stereocenters. The molecule has 2 N–H and O–H groups in total. The van der Waals surface area contributed by atoms with Gasteiger partial charge in [-0.15, -0.1) is 0 Å². The first-order valence-corrected chi connectivity index (χ1v) is 6.99. The molecule has 2 aromatic rings. The second-order valence-electron chi connectivity index (χ2n) is 5.55. The molecule has 2 heterocycles. The number of nitrogens with zero attached hydrogens (tertiary/aromatic N) is 3. The predicted molar refractivity (Wildman–Crippen MR) is 81.9 cm³/mol. The summed E-state index contributed by atoms with van der Waals surface area (Å²) < 4.78 is 6.62. The van der Waals surface area contributed by atoms with Crippen LogP contribution in [0, 0.1) is 6.92 Å². The molecule has 0 aliphatic carbocycles. The highest BCUT2D eigenvalue weighted by molar-refractivity contribution is 9.10. The van der Waals surface area contributed by atoms with Crippen LogP contribution in [-0.2, 0) is 5.41 Å². The van der Waals surface area contributed by atoms with Crippen molar-refractivity contribution in [2.75, 3.05) is 5.73 Å². The fourth-order valence-corrected chi connectivity index (χ4v) is 1.85. The van der Waals surface area contributed by atoms with Crippen molar-refractivity contribution in [3.8, 4) is 11.6 Å². The Balaban J connectivity index is 2.43. The summed E-state index contributed by atoms with van der Waals surface area (Å²) in [5, 5.41) is 0. The van der Waals surface area contributed by atoms with Gasteiger partial charge in [-0.3, -0.25) is 4.98 Å². The van der Waals surface area contributed by atoms with Crippen molar-refractivity contribution in [1.29, 1.82) is 0 Å². The highest BCUT2D eigenvalue weighted by atomic mass is 79.9. The lowest BCUT2D eigenvalue weighted by atomic mass is 9.95. The molecule has 2 rings (SSSR count). The van der Waals surface area contributed by atoms with Crippen LogP contribution in [0.3, 0.4) is 0 Å². The van der Waals surface area contributed by atoms with Crippen LogP contribution in [0.1, 0.15) is 32.2 Å². The number of rotatable bonds is 2. The third-order valence-corrected chi connectivity index (χ3v) is 3.14. The SMILES string of the molecule is Cc1c(N)nc(C(C)(C)C)nc1Oc1cncc(Br)c1. The highest BCUT2D eigenvalue weighted by Gasteiger charge is 2.21. The lowest BCUT2D eigenvalue weighted by Gasteiger charge is -2.19. The van der Waals surface area contributed by atoms with Crippen molar-refractivity contribution in [3.05, 3.63) is 34.3 Å². The number of nitrogens with two attached hydrogens (primary N) is 1. The van der Waals surface area contributed by atoms with E-state index in [1.807, 2.05) is 33.8 Å². The molecule has 6 heteroatoms. The van der Waals surface area contributed by atoms with Crippen LogP contribution < -0.4 is 10.5 Å². The Morgan fingerprint density at radius 3 is 2.50 bits per heavy atom. The van der Waals surface area contributed by atoms with Crippen molar-refractivity contribution in [2.24, 2.45) is 0 Å². The number of nitrogen functional groups attached to an aromatic ring is 1. The quantitative estimate of drug-likeness (QED) is 0.906. The molecule has 0 saturated heterocycles. The van der Waals surface area contributed by atoms with Gasteiger partial charge >= 0.3 is 0 Å². The van der Waals surface area contributed by atoms with Crippen molar-refractivity contribution in [3.63, 3.8) is 0 Å². The first kappa shape index (κ1) is 14.7. The topological polar surface area (TPSA) is 73.9 Å². The molecule has 2 aromatic heterocycles. The van der Waals surface area contributed by atoms with Gasteiger partial charge in [-0.2, -0.15) is 4.98 Å². The molecule has 106 valence electrons. The first-order valence-electron chi connectivity index (χ1n) is 6.20. The molecule has 0 saturated carbocycles. The summed E-state index contributed by atoms with van der Waals surface area (Å²) in [6.07, 6.45) is 3.31. The van der Waals surface area contributed by atoms with Crippen LogP contribution in [0.25, 0.3) is 0 Å². The van der Waals surface area contributed by atoms with E-state index in [4.69, 9.17) is 10.5 Å². The molecule has 20 heavy (non-hydrogen) atoms. The third kappa shape index (κ3) is 3.25. The van der Waals surface area contributed by atoms with Gasteiger partial charge in [0.2, 0.25) is 5.88 Å². The second-order valence-corrected chi connectivity index (χ2v) is 6.47. The van der Waals surface area contributed by atoms with Gasteiger partial charge < -0.3 is 10.5 Å². The summed E-state index contributed by atoms with van der Waals surface area (Å²) in [6.45, 7) is 7.92. The maximum absolute atomic E-state index is 5.95. The van der Waals surface area contributed by atoms with Gasteiger partial charge in [0.25, 0.3) is 0 Å². The molecule has 0 aliphatic rings. The highest BCUT2D eigenvalue weighted by Crippen LogP contribution is 2.29. The summed E-state index contributed by atoms with van der Waals surface area (Å²) in [5.74, 6) is 2.14. The number of hydrogen-bond acceptors (Lipinski definition) is 5. The standard InChI is InChI=1S/C14H17BrN4O/c1-8-11(16)18-13(14(2,3)4)19-12(8)20-10-5-9(15)6-17-7-10/h5-7H,1-4H3,(H2,16,18,19). The molecule has 0 aromatic carbocycles. The van der Waals surface area contributed by atoms with E-state index in [-0.39, 0.29) is 5.41 Å². The van der Waals surface area contributed by atoms with Crippen LogP contribution >= 0.6 is 15.9 Å². The number of halogens is 1. The van der Waals surface area contributed by atoms with Crippen molar-refractivity contribution < 1.29 is 4.74 Å². The molecule has 0 aliphatic heterocycles. The number of ether oxygens (including phenoxy) is 1. The monoisotopic (exact) mass is 336 g/mol. The van der Waals surface area contributed by atoms with E-state index in [0.29, 0.717) is 23.3 Å². The minimum absolute atomic E-state index is 0.199. The number of pyridine rings is 1. The molecular formula is C14H17BrN4O. The van der Waals surface area contributed by atoms with Crippen LogP contribution in [0.15, 0.2) is 22.9 Å². The average molecular weight is 337 g/mol. The Morgan fingerprint density at radius 2 is 1.90 bits per heavy atom. The van der Waals surface area contributed by atoms with Crippen LogP contribution in [0.2, 0.25) is 0 Å². The minimum Gasteiger partial charge on any atom is -0.437 e. The molecule has 0 fully saturated rings. The first-order chi connectivity index (χ1) is 9.27. The van der Waals surface area contributed by atoms with Gasteiger partial charge in [-0.05, 0) is 28.9 Å². The Bertz CT molecular complexity index is 638. The summed E-state index contributed by atoms with van der Waals surface area (Å²) in [7, 11) is 0. The lowest BCUT2D eigenvalue weighted by Crippen LogP contribution is -2.18. The second kappa shape index (κ2) is 5.36. The van der Waals surface area contributed by atoms with E-state index >= 15 is 0 Å². The van der Waals surface area contributed by atoms with E-state index < -0.39 is 0 Å². The normalized spacial score (nSPS) is 11.4. The zero-order valence-corrected chi connectivity index (χ0v) is 13.5. The Kier molecular flexibility index (Phi) is 3.94. The Labute approximate surface area is 126 Å². The van der Waals surface area contributed by atoms with E-state index in [1.165, 1.54) is 0 Å². The molecule has 0 amide bonds. The maximum Gasteiger partial charge on any atom is 0.227 e. The van der Waals surface area contributed by atoms with Gasteiger partial charge in [0.15, 0.2) is 0 Å². The van der Waals surface area contributed by atoms with E-state index in [1.54, 1.807) is 12.4 Å². The van der Waals surface area contributed by atoms with E-state index in [0.717, 1.165) is 10.0 Å². The van der Waals surface area contributed by atoms with E-state index in [9.17, 15) is 0 Å². The summed E-state index contributed by atoms with van der Waals surface area (Å²) in [5.41, 5.74) is 6.47. The van der Waals surface area contributed by atoms with Crippen molar-refractivity contribution in [2.45, 2.75) is 33.1 Å². The van der Waals surface area contributed by atoms with Crippen molar-refractivity contribution >= 4 is 21.7 Å². The minimum atomic E-state index is -0.199. The smallest absolute Gasteiger partial charge is 0.227 e. The van der Waals surface area contributed by atoms with Crippen LogP contribution in [-0.4, -0.2) is 15.0 Å². The van der Waals surface area contributed by atoms with Gasteiger partial charge in [0, 0.05) is 16.1 Å². The zero-order chi connectivity index (χ0) is 14.9. The molecular weight excluding hydrogens is 320 g/mol. The Hall–Kier alpha value is -1.69.